The van der Waals surface area contributed by atoms with Crippen molar-refractivity contribution in [2.75, 3.05) is 0 Å². The smallest absolute Gasteiger partial charge is 0.202 e. The molecule has 0 aromatic carbocycles. The van der Waals surface area contributed by atoms with Gasteiger partial charge in [-0.15, -0.1) is 0 Å². The van der Waals surface area contributed by atoms with Gasteiger partial charge in [-0.05, 0) is 18.6 Å². The van der Waals surface area contributed by atoms with Crippen LogP contribution >= 0.6 is 0 Å². The number of rotatable bonds is 0. The number of ether oxygens (including phenoxy) is 1. The van der Waals surface area contributed by atoms with Gasteiger partial charge in [-0.25, -0.2) is 0 Å². The van der Waals surface area contributed by atoms with Gasteiger partial charge < -0.3 is 9.84 Å². The molecule has 1 heterocycles. The Morgan fingerprint density at radius 1 is 1.71 bits per heavy atom. The Morgan fingerprint density at radius 2 is 2.43 bits per heavy atom. The molecule has 1 saturated heterocycles. The highest BCUT2D eigenvalue weighted by Gasteiger charge is 2.52. The number of aliphatic hydroxyl groups is 1. The molecule has 14 heavy (non-hydrogen) atoms. The molecule has 0 spiro atoms. The van der Waals surface area contributed by atoms with E-state index in [0.29, 0.717) is 11.1 Å². The first-order valence-electron chi connectivity index (χ1n) is 4.36. The second-order valence-electron chi connectivity index (χ2n) is 3.49. The molecule has 0 bridgehead atoms. The monoisotopic (exact) mass is 190 g/mol. The average molecular weight is 190 g/mol. The van der Waals surface area contributed by atoms with E-state index in [2.05, 4.69) is 18.4 Å². The summed E-state index contributed by atoms with van der Waals surface area (Å²) in [5, 5.41) is 9.43. The summed E-state index contributed by atoms with van der Waals surface area (Å²) in [4.78, 5) is 11.5. The topological polar surface area (TPSA) is 49.8 Å². The van der Waals surface area contributed by atoms with Gasteiger partial charge in [0, 0.05) is 0 Å². The SMILES string of the molecule is C=C(C)C#CC1=C[C@H](O)[C@H]2O[C@H]2C1=O. The third kappa shape index (κ3) is 1.50. The molecule has 1 aliphatic heterocycles. The van der Waals surface area contributed by atoms with E-state index in [1.165, 1.54) is 6.08 Å². The maximum absolute atomic E-state index is 11.5. The number of epoxide rings is 1. The number of hydrogen-bond acceptors (Lipinski definition) is 3. The Balaban J connectivity index is 2.23. The van der Waals surface area contributed by atoms with Gasteiger partial charge in [0.1, 0.15) is 12.2 Å². The fourth-order valence-electron chi connectivity index (χ4n) is 1.37. The van der Waals surface area contributed by atoms with Crippen LogP contribution in [0.4, 0.5) is 0 Å². The fourth-order valence-corrected chi connectivity index (χ4v) is 1.37. The van der Waals surface area contributed by atoms with Crippen molar-refractivity contribution in [1.29, 1.82) is 0 Å². The molecule has 0 amide bonds. The molecule has 2 aliphatic rings. The van der Waals surface area contributed by atoms with Crippen molar-refractivity contribution in [3.63, 3.8) is 0 Å². The Hall–Kier alpha value is -1.37. The van der Waals surface area contributed by atoms with Crippen molar-refractivity contribution >= 4 is 5.78 Å². The maximum atomic E-state index is 11.5. The minimum Gasteiger partial charge on any atom is -0.386 e. The molecular weight excluding hydrogens is 180 g/mol. The predicted octanol–water partition coefficient (Wildman–Crippen LogP) is 0.203. The Morgan fingerprint density at radius 3 is 3.07 bits per heavy atom. The highest BCUT2D eigenvalue weighted by molar-refractivity contribution is 6.05. The molecular formula is C11H10O3. The number of allylic oxidation sites excluding steroid dienone is 1. The molecule has 1 fully saturated rings. The van der Waals surface area contributed by atoms with Crippen LogP contribution in [0.15, 0.2) is 23.8 Å². The lowest BCUT2D eigenvalue weighted by Gasteiger charge is -2.07. The van der Waals surface area contributed by atoms with E-state index < -0.39 is 12.2 Å². The third-order valence-electron chi connectivity index (χ3n) is 2.13. The van der Waals surface area contributed by atoms with Crippen LogP contribution in [0.2, 0.25) is 0 Å². The molecule has 0 unspecified atom stereocenters. The fraction of sp³-hybridized carbons (Fsp3) is 0.364. The second kappa shape index (κ2) is 3.09. The molecule has 0 radical (unpaired) electrons. The van der Waals surface area contributed by atoms with E-state index in [1.54, 1.807) is 6.92 Å². The van der Waals surface area contributed by atoms with Crippen LogP contribution in [0, 0.1) is 11.8 Å². The van der Waals surface area contributed by atoms with E-state index in [1.807, 2.05) is 0 Å². The van der Waals surface area contributed by atoms with Gasteiger partial charge >= 0.3 is 0 Å². The van der Waals surface area contributed by atoms with Crippen LogP contribution in [-0.4, -0.2) is 29.2 Å². The first-order valence-corrected chi connectivity index (χ1v) is 4.36. The quantitative estimate of drug-likeness (QED) is 0.438. The van der Waals surface area contributed by atoms with Gasteiger partial charge in [0.05, 0.1) is 5.57 Å². The highest BCUT2D eigenvalue weighted by atomic mass is 16.6. The Kier molecular flexibility index (Phi) is 2.03. The van der Waals surface area contributed by atoms with Crippen molar-refractivity contribution in [2.24, 2.45) is 0 Å². The van der Waals surface area contributed by atoms with Gasteiger partial charge in [-0.2, -0.15) is 0 Å². The predicted molar refractivity (Wildman–Crippen MR) is 50.3 cm³/mol. The van der Waals surface area contributed by atoms with Crippen molar-refractivity contribution in [3.05, 3.63) is 23.8 Å². The number of hydrogen-bond donors (Lipinski definition) is 1. The normalized spacial score (nSPS) is 33.7. The summed E-state index contributed by atoms with van der Waals surface area (Å²) in [6.07, 6.45) is -0.0543. The lowest BCUT2D eigenvalue weighted by molar-refractivity contribution is -0.116. The van der Waals surface area contributed by atoms with Crippen molar-refractivity contribution < 1.29 is 14.6 Å². The number of fused-ring (bicyclic) bond motifs is 1. The lowest BCUT2D eigenvalue weighted by Crippen LogP contribution is -2.26. The molecule has 0 aromatic rings. The summed E-state index contributed by atoms with van der Waals surface area (Å²) in [5.74, 6) is 5.25. The van der Waals surface area contributed by atoms with Gasteiger partial charge in [0.2, 0.25) is 5.78 Å². The van der Waals surface area contributed by atoms with E-state index in [0.717, 1.165) is 0 Å². The average Bonchev–Trinajstić information content (AvgIpc) is 2.88. The summed E-state index contributed by atoms with van der Waals surface area (Å²) >= 11 is 0. The lowest BCUT2D eigenvalue weighted by atomic mass is 9.96. The first kappa shape index (κ1) is 9.20. The van der Waals surface area contributed by atoms with E-state index in [4.69, 9.17) is 4.74 Å². The number of aliphatic hydroxyl groups excluding tert-OH is 1. The van der Waals surface area contributed by atoms with E-state index in [-0.39, 0.29) is 11.9 Å². The van der Waals surface area contributed by atoms with Crippen molar-refractivity contribution in [1.82, 2.24) is 0 Å². The highest BCUT2D eigenvalue weighted by Crippen LogP contribution is 2.33. The minimum atomic E-state index is -0.702. The zero-order chi connectivity index (χ0) is 10.3. The van der Waals surface area contributed by atoms with Gasteiger partial charge in [-0.3, -0.25) is 4.79 Å². The summed E-state index contributed by atoms with van der Waals surface area (Å²) in [6, 6.07) is 0. The maximum Gasteiger partial charge on any atom is 0.202 e. The summed E-state index contributed by atoms with van der Waals surface area (Å²) in [7, 11) is 0. The van der Waals surface area contributed by atoms with Crippen LogP contribution in [-0.2, 0) is 9.53 Å². The number of Topliss-reactive ketones (excluding diaryl/α,β-unsaturated/α-hetero) is 1. The molecule has 72 valence electrons. The number of ketones is 1. The summed E-state index contributed by atoms with van der Waals surface area (Å²) < 4.78 is 5.00. The van der Waals surface area contributed by atoms with Gasteiger partial charge in [-0.1, -0.05) is 18.4 Å². The standard InChI is InChI=1S/C11H10O3/c1-6(2)3-4-7-5-8(12)10-11(14-10)9(7)13/h5,8,10-12H,1H2,2H3/t8-,10+,11-/m0/s1. The Bertz CT molecular complexity index is 394. The van der Waals surface area contributed by atoms with Crippen LogP contribution < -0.4 is 0 Å². The zero-order valence-corrected chi connectivity index (χ0v) is 7.78. The molecule has 1 aliphatic carbocycles. The third-order valence-corrected chi connectivity index (χ3v) is 2.13. The largest absolute Gasteiger partial charge is 0.386 e. The van der Waals surface area contributed by atoms with Crippen molar-refractivity contribution in [2.45, 2.75) is 25.2 Å². The van der Waals surface area contributed by atoms with Crippen LogP contribution in [0.25, 0.3) is 0 Å². The molecule has 0 saturated carbocycles. The van der Waals surface area contributed by atoms with Gasteiger partial charge in [0.25, 0.3) is 0 Å². The first-order chi connectivity index (χ1) is 6.59. The zero-order valence-electron chi connectivity index (χ0n) is 7.78. The summed E-state index contributed by atoms with van der Waals surface area (Å²) in [5.41, 5.74) is 1.02. The summed E-state index contributed by atoms with van der Waals surface area (Å²) in [6.45, 7) is 5.36. The van der Waals surface area contributed by atoms with Crippen LogP contribution in [0.1, 0.15) is 6.92 Å². The molecule has 3 nitrogen and oxygen atoms in total. The van der Waals surface area contributed by atoms with E-state index >= 15 is 0 Å². The second-order valence-corrected chi connectivity index (χ2v) is 3.49. The molecule has 3 heteroatoms. The van der Waals surface area contributed by atoms with Gasteiger partial charge in [0.15, 0.2) is 6.10 Å². The molecule has 2 rings (SSSR count). The van der Waals surface area contributed by atoms with Crippen LogP contribution in [0.3, 0.4) is 0 Å². The molecule has 1 N–H and O–H groups in total. The Labute approximate surface area is 82.1 Å². The number of carbonyl (C=O) groups excluding carboxylic acids is 1. The number of carbonyl (C=O) groups is 1. The van der Waals surface area contributed by atoms with Crippen LogP contribution in [0.5, 0.6) is 0 Å². The van der Waals surface area contributed by atoms with E-state index in [9.17, 15) is 9.90 Å². The molecule has 3 atom stereocenters. The molecule has 0 aromatic heterocycles. The van der Waals surface area contributed by atoms with Crippen molar-refractivity contribution in [3.8, 4) is 11.8 Å². The minimum absolute atomic E-state index is 0.131.